The average molecular weight is 461 g/mol. The molecule has 0 saturated heterocycles. The molecule has 0 radical (unpaired) electrons. The van der Waals surface area contributed by atoms with E-state index >= 15 is 0 Å². The van der Waals surface area contributed by atoms with Gasteiger partial charge in [0.2, 0.25) is 0 Å². The van der Waals surface area contributed by atoms with E-state index in [-0.39, 0.29) is 22.5 Å². The van der Waals surface area contributed by atoms with Crippen LogP contribution in [0.25, 0.3) is 0 Å². The molecule has 4 rings (SSSR count). The Morgan fingerprint density at radius 1 is 1.12 bits per heavy atom. The summed E-state index contributed by atoms with van der Waals surface area (Å²) in [5.74, 6) is 2.46. The number of ether oxygens (including phenoxy) is 1. The Hall–Kier alpha value is -0.453. The summed E-state index contributed by atoms with van der Waals surface area (Å²) >= 11 is 0. The van der Waals surface area contributed by atoms with Gasteiger partial charge in [-0.2, -0.15) is 0 Å². The zero-order valence-corrected chi connectivity index (χ0v) is 23.2. The molecule has 3 nitrogen and oxygen atoms in total. The molecule has 4 aliphatic rings. The zero-order valence-electron chi connectivity index (χ0n) is 22.2. The van der Waals surface area contributed by atoms with Crippen LogP contribution in [0.15, 0.2) is 11.6 Å². The first-order valence-corrected chi connectivity index (χ1v) is 16.1. The topological polar surface area (TPSA) is 35.5 Å². The second-order valence-electron chi connectivity index (χ2n) is 13.6. The summed E-state index contributed by atoms with van der Waals surface area (Å²) in [6.07, 6.45) is 11.4. The number of carbonyl (C=O) groups is 1. The Balaban J connectivity index is 1.56. The van der Waals surface area contributed by atoms with Crippen LogP contribution in [0.4, 0.5) is 0 Å². The summed E-state index contributed by atoms with van der Waals surface area (Å²) in [5, 5.41) is 0.265. The number of ketones is 1. The van der Waals surface area contributed by atoms with Crippen LogP contribution in [-0.2, 0) is 14.0 Å². The van der Waals surface area contributed by atoms with Gasteiger partial charge in [-0.05, 0) is 98.6 Å². The van der Waals surface area contributed by atoms with Gasteiger partial charge in [0.1, 0.15) is 5.78 Å². The molecule has 32 heavy (non-hydrogen) atoms. The molecule has 3 fully saturated rings. The monoisotopic (exact) mass is 460 g/mol. The molecule has 182 valence electrons. The maximum absolute atomic E-state index is 12.6. The van der Waals surface area contributed by atoms with Gasteiger partial charge in [-0.1, -0.05) is 46.3 Å². The number of rotatable bonds is 4. The van der Waals surface area contributed by atoms with E-state index < -0.39 is 8.32 Å². The number of fused-ring (bicyclic) bond motifs is 5. The number of hydrogen-bond acceptors (Lipinski definition) is 3. The van der Waals surface area contributed by atoms with Crippen molar-refractivity contribution in [2.75, 3.05) is 7.11 Å². The molecular weight excluding hydrogens is 412 g/mol. The molecule has 0 aromatic carbocycles. The molecule has 8 atom stereocenters. The summed E-state index contributed by atoms with van der Waals surface area (Å²) in [4.78, 5) is 12.6. The first kappa shape index (κ1) is 24.7. The third-order valence-corrected chi connectivity index (χ3v) is 15.6. The van der Waals surface area contributed by atoms with Gasteiger partial charge >= 0.3 is 0 Å². The number of methoxy groups -OCH3 is 1. The van der Waals surface area contributed by atoms with Gasteiger partial charge in [-0.25, -0.2) is 0 Å². The Kier molecular flexibility index (Phi) is 6.21. The lowest BCUT2D eigenvalue weighted by Crippen LogP contribution is -2.52. The summed E-state index contributed by atoms with van der Waals surface area (Å²) in [7, 11) is 0.0694. The van der Waals surface area contributed by atoms with Crippen LogP contribution in [0, 0.1) is 34.5 Å². The highest BCUT2D eigenvalue weighted by atomic mass is 28.4. The van der Waals surface area contributed by atoms with Crippen molar-refractivity contribution in [1.82, 2.24) is 0 Å². The smallest absolute Gasteiger partial charge is 0.192 e. The Labute approximate surface area is 198 Å². The highest BCUT2D eigenvalue weighted by Crippen LogP contribution is 2.66. The predicted molar refractivity (Wildman–Crippen MR) is 134 cm³/mol. The molecule has 0 aromatic rings. The van der Waals surface area contributed by atoms with Crippen LogP contribution in [0.2, 0.25) is 18.1 Å². The number of hydrogen-bond donors (Lipinski definition) is 0. The maximum Gasteiger partial charge on any atom is 0.192 e. The van der Waals surface area contributed by atoms with Crippen molar-refractivity contribution in [3.8, 4) is 0 Å². The van der Waals surface area contributed by atoms with E-state index in [1.807, 2.05) is 7.11 Å². The van der Waals surface area contributed by atoms with Crippen molar-refractivity contribution in [2.45, 2.75) is 117 Å². The lowest BCUT2D eigenvalue weighted by atomic mass is 9.47. The largest absolute Gasteiger partial charge is 0.414 e. The van der Waals surface area contributed by atoms with E-state index in [0.717, 1.165) is 18.8 Å². The molecule has 7 unspecified atom stereocenters. The SMILES string of the molecule is CO[C@H]1CC2C3CC=C4CC(O[Si](C)(C)C(C)(C)C)CCC4(C)C3CCC2(C)C1C(C)=O. The fraction of sp³-hybridized carbons (Fsp3) is 0.893. The van der Waals surface area contributed by atoms with Crippen LogP contribution in [0.1, 0.15) is 86.5 Å². The van der Waals surface area contributed by atoms with Crippen LogP contribution in [0.3, 0.4) is 0 Å². The predicted octanol–water partition coefficient (Wildman–Crippen LogP) is 7.17. The lowest BCUT2D eigenvalue weighted by molar-refractivity contribution is -0.131. The average Bonchev–Trinajstić information content (AvgIpc) is 2.99. The quantitative estimate of drug-likeness (QED) is 0.329. The minimum absolute atomic E-state index is 0.0744. The van der Waals surface area contributed by atoms with Gasteiger partial charge in [0.05, 0.1) is 6.10 Å². The molecule has 0 spiro atoms. The van der Waals surface area contributed by atoms with Gasteiger partial charge < -0.3 is 9.16 Å². The fourth-order valence-electron chi connectivity index (χ4n) is 8.27. The normalized spacial score (nSPS) is 44.3. The van der Waals surface area contributed by atoms with Crippen LogP contribution in [0.5, 0.6) is 0 Å². The molecular formula is C28H48O3Si. The number of carbonyl (C=O) groups excluding carboxylic acids is 1. The molecule has 3 saturated carbocycles. The van der Waals surface area contributed by atoms with Crippen molar-refractivity contribution in [1.29, 1.82) is 0 Å². The molecule has 0 bridgehead atoms. The molecule has 4 heteroatoms. The molecule has 0 heterocycles. The summed E-state index contributed by atoms with van der Waals surface area (Å²) in [6, 6.07) is 0. The number of Topliss-reactive ketones (excluding diaryl/α,β-unsaturated/α-hetero) is 1. The minimum atomic E-state index is -1.74. The highest BCUT2D eigenvalue weighted by Gasteiger charge is 2.62. The molecule has 4 aliphatic carbocycles. The second kappa shape index (κ2) is 8.05. The van der Waals surface area contributed by atoms with E-state index in [0.29, 0.717) is 29.1 Å². The zero-order chi connectivity index (χ0) is 23.7. The van der Waals surface area contributed by atoms with E-state index in [2.05, 4.69) is 53.8 Å². The Bertz CT molecular complexity index is 780. The van der Waals surface area contributed by atoms with Crippen molar-refractivity contribution in [3.05, 3.63) is 11.6 Å². The third kappa shape index (κ3) is 3.71. The Morgan fingerprint density at radius 3 is 2.41 bits per heavy atom. The molecule has 0 amide bonds. The van der Waals surface area contributed by atoms with E-state index in [9.17, 15) is 4.79 Å². The second-order valence-corrected chi connectivity index (χ2v) is 18.4. The van der Waals surface area contributed by atoms with Gasteiger partial charge in [0.25, 0.3) is 0 Å². The van der Waals surface area contributed by atoms with Crippen molar-refractivity contribution >= 4 is 14.1 Å². The standard InChI is InChI=1S/C28H48O3Si/c1-18(29)25-24(30-7)17-23-21-11-10-19-16-20(31-32(8,9)26(2,3)4)12-14-27(19,5)22(21)13-15-28(23,25)6/h10,20-25H,11-17H2,1-9H3/t20?,21?,22?,23?,24-,25?,27?,28?/m0/s1. The van der Waals surface area contributed by atoms with Crippen LogP contribution in [-0.4, -0.2) is 33.4 Å². The molecule has 0 N–H and O–H groups in total. The van der Waals surface area contributed by atoms with Crippen LogP contribution < -0.4 is 0 Å². The minimum Gasteiger partial charge on any atom is -0.414 e. The maximum atomic E-state index is 12.6. The van der Waals surface area contributed by atoms with Crippen LogP contribution >= 0.6 is 0 Å². The third-order valence-electron chi connectivity index (χ3n) is 11.1. The van der Waals surface area contributed by atoms with E-state index in [1.165, 1.54) is 32.1 Å². The summed E-state index contributed by atoms with van der Waals surface area (Å²) in [6.45, 7) is 18.6. The molecule has 0 aliphatic heterocycles. The number of allylic oxidation sites excluding steroid dienone is 1. The van der Waals surface area contributed by atoms with Crippen molar-refractivity contribution in [3.63, 3.8) is 0 Å². The van der Waals surface area contributed by atoms with E-state index in [4.69, 9.17) is 9.16 Å². The van der Waals surface area contributed by atoms with Gasteiger partial charge in [0.15, 0.2) is 8.32 Å². The summed E-state index contributed by atoms with van der Waals surface area (Å²) < 4.78 is 12.8. The van der Waals surface area contributed by atoms with Gasteiger partial charge in [-0.15, -0.1) is 0 Å². The highest BCUT2D eigenvalue weighted by molar-refractivity contribution is 6.74. The summed E-state index contributed by atoms with van der Waals surface area (Å²) in [5.41, 5.74) is 2.11. The van der Waals surface area contributed by atoms with E-state index in [1.54, 1.807) is 12.5 Å². The first-order valence-electron chi connectivity index (χ1n) is 13.1. The Morgan fingerprint density at radius 2 is 1.81 bits per heavy atom. The van der Waals surface area contributed by atoms with Crippen molar-refractivity contribution < 1.29 is 14.0 Å². The first-order chi connectivity index (χ1) is 14.7. The lowest BCUT2D eigenvalue weighted by Gasteiger charge is -2.58. The van der Waals surface area contributed by atoms with Gasteiger partial charge in [-0.3, -0.25) is 4.79 Å². The molecule has 0 aromatic heterocycles. The fourth-order valence-corrected chi connectivity index (χ4v) is 9.66. The van der Waals surface area contributed by atoms with Crippen molar-refractivity contribution in [2.24, 2.45) is 34.5 Å². The van der Waals surface area contributed by atoms with Gasteiger partial charge in [0, 0.05) is 19.1 Å².